The van der Waals surface area contributed by atoms with Gasteiger partial charge in [0.1, 0.15) is 28.6 Å². The van der Waals surface area contributed by atoms with Crippen molar-refractivity contribution in [3.8, 4) is 11.5 Å². The van der Waals surface area contributed by atoms with Gasteiger partial charge >= 0.3 is 11.8 Å². The number of ketones is 1. The fraction of sp³-hybridized carbons (Fsp3) is 0.444. The molecule has 15 heteroatoms. The first-order valence-electron chi connectivity index (χ1n) is 19.8. The summed E-state index contributed by atoms with van der Waals surface area (Å²) in [6, 6.07) is 5.24. The molecule has 320 valence electrons. The molecular weight excluding hydrogens is 775 g/mol. The fourth-order valence-electron chi connectivity index (χ4n) is 8.08. The molecule has 0 radical (unpaired) electrons. The maximum Gasteiger partial charge on any atom is 0.312 e. The normalized spacial score (nSPS) is 27.9. The Labute approximate surface area is 347 Å². The van der Waals surface area contributed by atoms with E-state index in [0.717, 1.165) is 5.69 Å². The van der Waals surface area contributed by atoms with Crippen molar-refractivity contribution in [2.24, 2.45) is 23.7 Å². The zero-order valence-electron chi connectivity index (χ0n) is 35.6. The van der Waals surface area contributed by atoms with Gasteiger partial charge in [-0.1, -0.05) is 45.9 Å². The molecule has 3 aromatic carbocycles. The van der Waals surface area contributed by atoms with Crippen molar-refractivity contribution in [1.82, 2.24) is 4.98 Å². The third-order valence-electron chi connectivity index (χ3n) is 11.8. The molecule has 3 heterocycles. The van der Waals surface area contributed by atoms with Crippen LogP contribution in [0.5, 0.6) is 11.5 Å². The number of methoxy groups -OCH3 is 1. The number of aliphatic hydroxyl groups is 2. The number of phenolic OH excluding ortho intramolecular Hbond substituents is 1. The van der Waals surface area contributed by atoms with Crippen molar-refractivity contribution >= 4 is 62.0 Å². The van der Waals surface area contributed by atoms with Gasteiger partial charge in [-0.25, -0.2) is 4.98 Å². The third-order valence-corrected chi connectivity index (χ3v) is 11.8. The second-order valence-corrected chi connectivity index (χ2v) is 16.3. The highest BCUT2D eigenvalue weighted by Crippen LogP contribution is 2.48. The molecular formula is C45H53N3O12. The number of Topliss-reactive ketones (excluding diaryl/α,β-unsaturated/α-hetero) is 1. The van der Waals surface area contributed by atoms with Crippen LogP contribution in [0.3, 0.4) is 0 Å². The zero-order chi connectivity index (χ0) is 44.1. The van der Waals surface area contributed by atoms with Crippen LogP contribution in [-0.2, 0) is 23.8 Å². The lowest BCUT2D eigenvalue weighted by molar-refractivity contribution is -0.160. The molecule has 60 heavy (non-hydrogen) atoms. The highest BCUT2D eigenvalue weighted by atomic mass is 16.7. The van der Waals surface area contributed by atoms with Crippen LogP contribution in [0.2, 0.25) is 0 Å². The number of nitrogens with zero attached hydrogens (tertiary/aromatic N) is 2. The fourth-order valence-corrected chi connectivity index (χ4v) is 8.08. The number of hydrogen-bond donors (Lipinski definition) is 4. The number of phenols is 1. The van der Waals surface area contributed by atoms with Gasteiger partial charge in [-0.05, 0) is 38.1 Å². The van der Waals surface area contributed by atoms with Crippen LogP contribution in [0.4, 0.5) is 11.4 Å². The maximum absolute atomic E-state index is 14.6. The summed E-state index contributed by atoms with van der Waals surface area (Å²) in [5.41, 5.74) is 0.501. The smallest absolute Gasteiger partial charge is 0.312 e. The summed E-state index contributed by atoms with van der Waals surface area (Å²) in [6.07, 6.45) is 3.65. The largest absolute Gasteiger partial charge is 0.505 e. The van der Waals surface area contributed by atoms with Crippen molar-refractivity contribution in [3.63, 3.8) is 0 Å². The van der Waals surface area contributed by atoms with Crippen LogP contribution in [-0.4, -0.2) is 89.4 Å². The number of ether oxygens (including phenoxy) is 4. The predicted molar refractivity (Wildman–Crippen MR) is 226 cm³/mol. The molecule has 2 aliphatic rings. The minimum absolute atomic E-state index is 0.000563. The van der Waals surface area contributed by atoms with Crippen LogP contribution in [0, 0.1) is 30.6 Å². The van der Waals surface area contributed by atoms with Crippen molar-refractivity contribution in [2.75, 3.05) is 31.4 Å². The number of esters is 1. The Morgan fingerprint density at radius 3 is 2.33 bits per heavy atom. The predicted octanol–water partition coefficient (Wildman–Crippen LogP) is 6.06. The number of aromatic hydroxyl groups is 1. The molecule has 0 unspecified atom stereocenters. The number of fused-ring (bicyclic) bond motifs is 2. The lowest BCUT2D eigenvalue weighted by Crippen LogP contribution is -2.46. The number of carbonyl (C=O) groups is 3. The maximum atomic E-state index is 14.6. The summed E-state index contributed by atoms with van der Waals surface area (Å²) in [5.74, 6) is -7.16. The van der Waals surface area contributed by atoms with E-state index >= 15 is 0 Å². The Bertz CT molecular complexity index is 2540. The first-order chi connectivity index (χ1) is 28.2. The highest BCUT2D eigenvalue weighted by Gasteiger charge is 2.49. The lowest BCUT2D eigenvalue weighted by atomic mass is 9.78. The van der Waals surface area contributed by atoms with Gasteiger partial charge in [0.25, 0.3) is 11.7 Å². The molecule has 1 amide bonds. The molecule has 4 aromatic rings. The van der Waals surface area contributed by atoms with E-state index in [9.17, 15) is 34.5 Å². The van der Waals surface area contributed by atoms with E-state index in [4.69, 9.17) is 28.3 Å². The van der Waals surface area contributed by atoms with E-state index in [2.05, 4.69) is 5.32 Å². The monoisotopic (exact) mass is 827 g/mol. The molecule has 4 N–H and O–H groups in total. The lowest BCUT2D eigenvalue weighted by Gasteiger charge is -2.38. The van der Waals surface area contributed by atoms with Crippen LogP contribution in [0.1, 0.15) is 64.4 Å². The van der Waals surface area contributed by atoms with E-state index in [1.165, 1.54) is 53.2 Å². The number of hydrogen-bond acceptors (Lipinski definition) is 14. The molecule has 15 nitrogen and oxygen atoms in total. The van der Waals surface area contributed by atoms with Gasteiger partial charge in [-0.2, -0.15) is 0 Å². The van der Waals surface area contributed by atoms with Crippen molar-refractivity contribution < 1.29 is 53.1 Å². The molecule has 1 aromatic heterocycles. The summed E-state index contributed by atoms with van der Waals surface area (Å²) in [5, 5.41) is 37.2. The van der Waals surface area contributed by atoms with Gasteiger partial charge in [0.15, 0.2) is 22.3 Å². The number of carbonyl (C=O) groups excluding carboxylic acids is 3. The summed E-state index contributed by atoms with van der Waals surface area (Å²) < 4.78 is 30.2. The number of amides is 1. The van der Waals surface area contributed by atoms with Crippen LogP contribution in [0.15, 0.2) is 63.6 Å². The van der Waals surface area contributed by atoms with E-state index in [1.807, 2.05) is 19.0 Å². The molecule has 0 saturated carbocycles. The number of benzene rings is 3. The molecule has 0 aliphatic carbocycles. The van der Waals surface area contributed by atoms with E-state index in [-0.39, 0.29) is 55.6 Å². The Morgan fingerprint density at radius 1 is 0.983 bits per heavy atom. The number of aromatic nitrogens is 1. The third kappa shape index (κ3) is 7.72. The number of rotatable bonds is 3. The quantitative estimate of drug-likeness (QED) is 0.0802. The zero-order valence-corrected chi connectivity index (χ0v) is 35.6. The van der Waals surface area contributed by atoms with Gasteiger partial charge in [0, 0.05) is 80.9 Å². The standard InChI is InChI=1S/C45H53N3O12/c1-20-13-12-14-21(2)44(55)47-35-39(53)32-31(34-42(35)59-30-16-15-27(48(9)10)19-28(30)46-34)33-41(25(6)38(32)52)60-45(8,43(33)54)57-18-17-29(56-11)22(3)40(58-26(7)49)24(5)37(51)23(4)36(20)50/h12-20,22-24,29,36-37,40,50-51,53H,1-11H3,(H,47,55)/t20-,22+,23+,24+,29-,36-,37+,40+,45-/m0/s1. The topological polar surface area (TPSA) is 207 Å². The number of aliphatic hydroxyl groups excluding tert-OH is 2. The van der Waals surface area contributed by atoms with Crippen LogP contribution < -0.4 is 20.4 Å². The average molecular weight is 828 g/mol. The second-order valence-electron chi connectivity index (χ2n) is 16.3. The first-order valence-corrected chi connectivity index (χ1v) is 19.8. The second kappa shape index (κ2) is 16.7. The summed E-state index contributed by atoms with van der Waals surface area (Å²) >= 11 is 0. The Kier molecular flexibility index (Phi) is 12.2. The van der Waals surface area contributed by atoms with Gasteiger partial charge in [-0.3, -0.25) is 19.2 Å². The summed E-state index contributed by atoms with van der Waals surface area (Å²) in [6.45, 7) is 12.6. The van der Waals surface area contributed by atoms with Crippen molar-refractivity contribution in [2.45, 2.75) is 85.6 Å². The van der Waals surface area contributed by atoms with Gasteiger partial charge in [0.05, 0.1) is 35.5 Å². The molecule has 0 spiro atoms. The van der Waals surface area contributed by atoms with E-state index < -0.39 is 82.7 Å². The Hall–Kier alpha value is -5.77. The molecule has 4 bridgehead atoms. The van der Waals surface area contributed by atoms with Crippen LogP contribution >= 0.6 is 0 Å². The molecule has 0 fully saturated rings. The van der Waals surface area contributed by atoms with Crippen LogP contribution in [0.25, 0.3) is 33.0 Å². The minimum Gasteiger partial charge on any atom is -0.505 e. The molecule has 9 atom stereocenters. The number of nitrogens with one attached hydrogen (secondary N) is 1. The van der Waals surface area contributed by atoms with Gasteiger partial charge in [0.2, 0.25) is 0 Å². The number of allylic oxidation sites excluding steroid dienone is 2. The highest BCUT2D eigenvalue weighted by molar-refractivity contribution is 6.26. The Morgan fingerprint density at radius 2 is 1.68 bits per heavy atom. The molecule has 6 rings (SSSR count). The molecule has 2 aliphatic heterocycles. The summed E-state index contributed by atoms with van der Waals surface area (Å²) in [4.78, 5) is 61.9. The van der Waals surface area contributed by atoms with E-state index in [1.54, 1.807) is 58.0 Å². The van der Waals surface area contributed by atoms with E-state index in [0.29, 0.717) is 5.52 Å². The first kappa shape index (κ1) is 43.8. The minimum atomic E-state index is -2.03. The van der Waals surface area contributed by atoms with Crippen molar-refractivity contribution in [3.05, 3.63) is 75.7 Å². The number of anilines is 2. The summed E-state index contributed by atoms with van der Waals surface area (Å²) in [7, 11) is 5.15. The van der Waals surface area contributed by atoms with Gasteiger partial charge < -0.3 is 48.9 Å². The Balaban J connectivity index is 1.60. The average Bonchev–Trinajstić information content (AvgIpc) is 3.47. The SMILES string of the molecule is CO[C@H]1C=CO[C@@]2(C)Oc3c(C)c(=O)c4c(O)c(c5oc6ccc(N(C)C)cc6nc5c4c3C2=O)NC(=O)C(C)=CC=C[C@H](C)[C@H](O)[C@@H](C)[C@@H](O)[C@@H](C)[C@H](OC(C)=O)[C@@H]1C. The van der Waals surface area contributed by atoms with Gasteiger partial charge in [-0.15, -0.1) is 0 Å². The van der Waals surface area contributed by atoms with Crippen molar-refractivity contribution in [1.29, 1.82) is 0 Å². The molecule has 0 saturated heterocycles.